The number of hydrogen-bond acceptors (Lipinski definition) is 5. The maximum atomic E-state index is 12.8. The second-order valence-corrected chi connectivity index (χ2v) is 10.6. The first-order valence-corrected chi connectivity index (χ1v) is 13.5. The summed E-state index contributed by atoms with van der Waals surface area (Å²) in [5.41, 5.74) is -1.38. The van der Waals surface area contributed by atoms with Crippen LogP contribution in [0.2, 0.25) is 0 Å². The predicted octanol–water partition coefficient (Wildman–Crippen LogP) is 7.66. The summed E-state index contributed by atoms with van der Waals surface area (Å²) in [7, 11) is -5.75. The van der Waals surface area contributed by atoms with E-state index in [9.17, 15) is 21.6 Å². The van der Waals surface area contributed by atoms with Crippen LogP contribution in [0.1, 0.15) is 30.7 Å². The topological polar surface area (TPSA) is 69.4 Å². The SMILES string of the molecule is O=S(=O)(Oc1cccc(C[C@@H]2CCCC=C2c2nc(-c3ccccc3)c(-c3ccccc3)o2)c1)C(F)(F)F. The van der Waals surface area contributed by atoms with Crippen LogP contribution in [0, 0.1) is 5.92 Å². The molecule has 1 aliphatic carbocycles. The van der Waals surface area contributed by atoms with Gasteiger partial charge in [0.05, 0.1) is 0 Å². The van der Waals surface area contributed by atoms with E-state index in [4.69, 9.17) is 9.40 Å². The highest BCUT2D eigenvalue weighted by atomic mass is 32.2. The third-order valence-corrected chi connectivity index (χ3v) is 7.37. The molecule has 0 fully saturated rings. The number of alkyl halides is 3. The minimum atomic E-state index is -5.75. The van der Waals surface area contributed by atoms with E-state index in [2.05, 4.69) is 10.3 Å². The normalized spacial score (nSPS) is 16.2. The van der Waals surface area contributed by atoms with Crippen molar-refractivity contribution in [3.63, 3.8) is 0 Å². The quantitative estimate of drug-likeness (QED) is 0.178. The largest absolute Gasteiger partial charge is 0.534 e. The van der Waals surface area contributed by atoms with E-state index in [1.807, 2.05) is 60.7 Å². The number of halogens is 3. The van der Waals surface area contributed by atoms with Gasteiger partial charge >= 0.3 is 15.6 Å². The zero-order chi connectivity index (χ0) is 26.8. The fraction of sp³-hybridized carbons (Fsp3) is 0.207. The van der Waals surface area contributed by atoms with Crippen molar-refractivity contribution in [2.45, 2.75) is 31.2 Å². The van der Waals surface area contributed by atoms with Gasteiger partial charge in [0.2, 0.25) is 5.89 Å². The number of benzene rings is 3. The number of rotatable bonds is 7. The summed E-state index contributed by atoms with van der Waals surface area (Å²) in [4.78, 5) is 4.90. The summed E-state index contributed by atoms with van der Waals surface area (Å²) < 4.78 is 71.9. The van der Waals surface area contributed by atoms with Gasteiger partial charge < -0.3 is 8.60 Å². The molecule has 1 heterocycles. The minimum absolute atomic E-state index is 0.0240. The van der Waals surface area contributed by atoms with Crippen molar-refractivity contribution >= 4 is 15.7 Å². The highest BCUT2D eigenvalue weighted by molar-refractivity contribution is 7.88. The van der Waals surface area contributed by atoms with E-state index in [-0.39, 0.29) is 11.7 Å². The Bertz CT molecular complexity index is 1490. The van der Waals surface area contributed by atoms with Crippen molar-refractivity contribution in [3.05, 3.63) is 102 Å². The highest BCUT2D eigenvalue weighted by Crippen LogP contribution is 2.40. The fourth-order valence-electron chi connectivity index (χ4n) is 4.62. The maximum Gasteiger partial charge on any atom is 0.534 e. The average Bonchev–Trinajstić information content (AvgIpc) is 3.35. The summed E-state index contributed by atoms with van der Waals surface area (Å²) in [6.07, 6.45) is 5.16. The van der Waals surface area contributed by atoms with Gasteiger partial charge in [0, 0.05) is 16.7 Å². The molecule has 0 radical (unpaired) electrons. The second kappa shape index (κ2) is 10.5. The van der Waals surface area contributed by atoms with Gasteiger partial charge in [0.25, 0.3) is 0 Å². The molecule has 0 N–H and O–H groups in total. The van der Waals surface area contributed by atoms with Crippen molar-refractivity contribution in [1.29, 1.82) is 0 Å². The molecule has 0 aliphatic heterocycles. The summed E-state index contributed by atoms with van der Waals surface area (Å²) in [5, 5.41) is 0. The molecule has 0 amide bonds. The summed E-state index contributed by atoms with van der Waals surface area (Å²) in [5.74, 6) is 0.753. The first-order chi connectivity index (χ1) is 18.2. The van der Waals surface area contributed by atoms with Gasteiger partial charge in [-0.25, -0.2) is 4.98 Å². The number of hydrogen-bond donors (Lipinski definition) is 0. The van der Waals surface area contributed by atoms with E-state index in [0.717, 1.165) is 41.7 Å². The van der Waals surface area contributed by atoms with Gasteiger partial charge in [-0.15, -0.1) is 0 Å². The van der Waals surface area contributed by atoms with Crippen LogP contribution >= 0.6 is 0 Å². The molecular formula is C29H24F3NO4S. The summed E-state index contributed by atoms with van der Waals surface area (Å²) in [6, 6.07) is 25.2. The highest BCUT2D eigenvalue weighted by Gasteiger charge is 2.48. The molecule has 196 valence electrons. The minimum Gasteiger partial charge on any atom is -0.436 e. The molecule has 5 nitrogen and oxygen atoms in total. The van der Waals surface area contributed by atoms with Crippen LogP contribution in [0.25, 0.3) is 28.2 Å². The Hall–Kier alpha value is -3.85. The van der Waals surface area contributed by atoms with Gasteiger partial charge in [0.15, 0.2) is 5.76 Å². The van der Waals surface area contributed by atoms with Crippen molar-refractivity contribution < 1.29 is 30.2 Å². The Morgan fingerprint density at radius 3 is 2.29 bits per heavy atom. The number of oxazole rings is 1. The molecular weight excluding hydrogens is 515 g/mol. The molecule has 0 unspecified atom stereocenters. The van der Waals surface area contributed by atoms with Crippen LogP contribution in [0.5, 0.6) is 5.75 Å². The van der Waals surface area contributed by atoms with Gasteiger partial charge in [0.1, 0.15) is 11.4 Å². The Morgan fingerprint density at radius 1 is 0.921 bits per heavy atom. The third-order valence-electron chi connectivity index (χ3n) is 6.39. The Morgan fingerprint density at radius 2 is 1.61 bits per heavy atom. The molecule has 3 aromatic carbocycles. The van der Waals surface area contributed by atoms with E-state index in [0.29, 0.717) is 23.6 Å². The molecule has 0 bridgehead atoms. The molecule has 5 rings (SSSR count). The molecule has 9 heteroatoms. The first-order valence-electron chi connectivity index (χ1n) is 12.1. The Balaban J connectivity index is 1.46. The van der Waals surface area contributed by atoms with Crippen LogP contribution in [0.15, 0.2) is 95.4 Å². The van der Waals surface area contributed by atoms with E-state index < -0.39 is 15.6 Å². The van der Waals surface area contributed by atoms with Gasteiger partial charge in [-0.1, -0.05) is 78.9 Å². The first kappa shape index (κ1) is 25.8. The number of nitrogens with zero attached hydrogens (tertiary/aromatic N) is 1. The van der Waals surface area contributed by atoms with E-state index in [1.165, 1.54) is 18.2 Å². The lowest BCUT2D eigenvalue weighted by atomic mass is 9.83. The van der Waals surface area contributed by atoms with E-state index in [1.54, 1.807) is 6.07 Å². The fourth-order valence-corrected chi connectivity index (χ4v) is 5.07. The standard InChI is InChI=1S/C29H24F3NO4S/c30-29(31,32)38(34,35)37-24-16-9-10-20(19-24)18-23-15-7-8-17-25(23)28-33-26(21-11-3-1-4-12-21)27(36-28)22-13-5-2-6-14-22/h1-6,9-14,16-17,19,23H,7-8,15,18H2/t23-/m0/s1. The van der Waals surface area contributed by atoms with Crippen LogP contribution in [-0.4, -0.2) is 18.9 Å². The lowest BCUT2D eigenvalue weighted by molar-refractivity contribution is -0.0500. The van der Waals surface area contributed by atoms with E-state index >= 15 is 0 Å². The maximum absolute atomic E-state index is 12.8. The van der Waals surface area contributed by atoms with Crippen LogP contribution in [0.3, 0.4) is 0 Å². The Labute approximate surface area is 218 Å². The number of allylic oxidation sites excluding steroid dienone is 2. The molecule has 0 saturated heterocycles. The predicted molar refractivity (Wildman–Crippen MR) is 138 cm³/mol. The number of aromatic nitrogens is 1. The van der Waals surface area contributed by atoms with Gasteiger partial charge in [-0.05, 0) is 49.3 Å². The smallest absolute Gasteiger partial charge is 0.436 e. The van der Waals surface area contributed by atoms with Crippen LogP contribution in [-0.2, 0) is 16.5 Å². The van der Waals surface area contributed by atoms with Gasteiger partial charge in [-0.3, -0.25) is 0 Å². The lowest BCUT2D eigenvalue weighted by Crippen LogP contribution is -2.28. The third kappa shape index (κ3) is 5.52. The van der Waals surface area contributed by atoms with Crippen LogP contribution in [0.4, 0.5) is 13.2 Å². The zero-order valence-electron chi connectivity index (χ0n) is 20.2. The monoisotopic (exact) mass is 539 g/mol. The summed E-state index contributed by atoms with van der Waals surface area (Å²) in [6.45, 7) is 0. The van der Waals surface area contributed by atoms with Crippen molar-refractivity contribution in [2.75, 3.05) is 0 Å². The average molecular weight is 540 g/mol. The lowest BCUT2D eigenvalue weighted by Gasteiger charge is -2.22. The molecule has 1 aromatic heterocycles. The molecule has 38 heavy (non-hydrogen) atoms. The molecule has 0 saturated carbocycles. The Kier molecular flexibility index (Phi) is 7.12. The molecule has 0 spiro atoms. The van der Waals surface area contributed by atoms with Crippen LogP contribution < -0.4 is 4.18 Å². The van der Waals surface area contributed by atoms with Crippen molar-refractivity contribution in [1.82, 2.24) is 4.98 Å². The molecule has 1 atom stereocenters. The zero-order valence-corrected chi connectivity index (χ0v) is 21.0. The van der Waals surface area contributed by atoms with Crippen molar-refractivity contribution in [2.24, 2.45) is 5.92 Å². The molecule has 1 aliphatic rings. The van der Waals surface area contributed by atoms with Crippen molar-refractivity contribution in [3.8, 4) is 28.3 Å². The second-order valence-electron chi connectivity index (χ2n) is 9.05. The van der Waals surface area contributed by atoms with Gasteiger partial charge in [-0.2, -0.15) is 21.6 Å². The summed E-state index contributed by atoms with van der Waals surface area (Å²) >= 11 is 0. The molecule has 4 aromatic rings.